The summed E-state index contributed by atoms with van der Waals surface area (Å²) in [6.45, 7) is 9.71. The van der Waals surface area contributed by atoms with Crippen molar-refractivity contribution >= 4 is 35.1 Å². The van der Waals surface area contributed by atoms with Gasteiger partial charge in [0.2, 0.25) is 11.4 Å². The van der Waals surface area contributed by atoms with Crippen LogP contribution in [0.4, 0.5) is 0 Å². The van der Waals surface area contributed by atoms with E-state index in [1.165, 1.54) is 20.9 Å². The molecule has 0 aliphatic carbocycles. The third kappa shape index (κ3) is 6.21. The zero-order valence-corrected chi connectivity index (χ0v) is 24.4. The second-order valence-corrected chi connectivity index (χ2v) is 10.6. The Morgan fingerprint density at radius 1 is 0.897 bits per heavy atom. The Labute approximate surface area is 230 Å². The summed E-state index contributed by atoms with van der Waals surface area (Å²) in [5, 5.41) is 43.6. The van der Waals surface area contributed by atoms with E-state index in [1.807, 2.05) is 0 Å². The number of carboxylic acid groups (broad SMARTS) is 1. The summed E-state index contributed by atoms with van der Waals surface area (Å²) in [5.41, 5.74) is -9.02. The maximum atomic E-state index is 15.0. The quantitative estimate of drug-likeness (QED) is 0.154. The van der Waals surface area contributed by atoms with Crippen LogP contribution in [0.15, 0.2) is 0 Å². The summed E-state index contributed by atoms with van der Waals surface area (Å²) in [7, 11) is 1.28. The van der Waals surface area contributed by atoms with Crippen LogP contribution < -0.4 is 5.32 Å². The highest BCUT2D eigenvalue weighted by Gasteiger charge is 2.67. The smallest absolute Gasteiger partial charge is 0.343 e. The van der Waals surface area contributed by atoms with Gasteiger partial charge in [-0.05, 0) is 46.6 Å². The standard InChI is InChI=1S/C26H45N3O10/c1-12-14(4)26(29(11)20(34)16(6)31,22(36)25(8,39)23(37)38)21(35)24(7,28(10)19(33)15(5)30)18(32)17(27-9)13(2)3/h13-17,27,30-31,39H,12H2,1-11H3,(H,37,38)/t14-,15+,16+,17-,24+,25+,26+/m0/s1/i11D. The normalized spacial score (nSPS) is 19.7. The van der Waals surface area contributed by atoms with Crippen LogP contribution in [0.2, 0.25) is 0 Å². The molecule has 0 radical (unpaired) electrons. The van der Waals surface area contributed by atoms with E-state index in [2.05, 4.69) is 5.32 Å². The number of carboxylic acids is 1. The highest BCUT2D eigenvalue weighted by Crippen LogP contribution is 2.39. The molecule has 13 heteroatoms. The Morgan fingerprint density at radius 2 is 1.33 bits per heavy atom. The Kier molecular flexibility index (Phi) is 11.5. The van der Waals surface area contributed by atoms with Gasteiger partial charge in [-0.1, -0.05) is 34.1 Å². The number of Topliss-reactive ketones (excluding diaryl/α,β-unsaturated/α-hetero) is 3. The maximum Gasteiger partial charge on any atom is 0.343 e. The average Bonchev–Trinajstić information content (AvgIpc) is 2.88. The monoisotopic (exact) mass is 560 g/mol. The molecule has 0 aromatic carbocycles. The van der Waals surface area contributed by atoms with Gasteiger partial charge in [0, 0.05) is 15.4 Å². The zero-order valence-electron chi connectivity index (χ0n) is 25.4. The SMILES string of the molecule is [2H]CN(C(=O)[C@@H](C)O)[C@@](C(=O)[C@@](C)(O)C(=O)O)(C(=O)[C@@](C)(C(=O)[C@@H](NC)C(C)C)N(C)C(=O)[C@@H](C)O)[C@@H](C)CC. The molecule has 0 rings (SSSR count). The van der Waals surface area contributed by atoms with E-state index in [4.69, 9.17) is 1.37 Å². The van der Waals surface area contributed by atoms with E-state index in [-0.39, 0.29) is 6.42 Å². The fourth-order valence-corrected chi connectivity index (χ4v) is 4.60. The van der Waals surface area contributed by atoms with Gasteiger partial charge in [0.15, 0.2) is 22.6 Å². The number of ketones is 3. The molecule has 5 N–H and O–H groups in total. The molecule has 0 spiro atoms. The van der Waals surface area contributed by atoms with Crippen molar-refractivity contribution in [2.45, 2.75) is 96.7 Å². The number of likely N-dealkylation sites (N-methyl/N-ethyl adjacent to an activating group) is 3. The molecule has 0 bridgehead atoms. The van der Waals surface area contributed by atoms with Gasteiger partial charge in [-0.25, -0.2) is 4.79 Å². The van der Waals surface area contributed by atoms with Gasteiger partial charge in [-0.3, -0.25) is 24.0 Å². The summed E-state index contributed by atoms with van der Waals surface area (Å²) in [4.78, 5) is 82.7. The second-order valence-electron chi connectivity index (χ2n) is 10.6. The minimum atomic E-state index is -3.32. The van der Waals surface area contributed by atoms with E-state index < -0.39 is 88.9 Å². The van der Waals surface area contributed by atoms with Crippen LogP contribution >= 0.6 is 0 Å². The molecule has 0 aliphatic rings. The van der Waals surface area contributed by atoms with Gasteiger partial charge in [0.25, 0.3) is 11.8 Å². The molecule has 0 saturated carbocycles. The zero-order chi connectivity index (χ0) is 32.1. The lowest BCUT2D eigenvalue weighted by Crippen LogP contribution is -2.78. The van der Waals surface area contributed by atoms with Crippen LogP contribution in [0.3, 0.4) is 0 Å². The van der Waals surface area contributed by atoms with Crippen molar-refractivity contribution in [1.82, 2.24) is 15.1 Å². The van der Waals surface area contributed by atoms with Gasteiger partial charge in [0.1, 0.15) is 12.2 Å². The second kappa shape index (κ2) is 13.1. The van der Waals surface area contributed by atoms with Gasteiger partial charge in [0.05, 0.1) is 6.04 Å². The first kappa shape index (κ1) is 34.3. The average molecular weight is 561 g/mol. The summed E-state index contributed by atoms with van der Waals surface area (Å²) < 4.78 is 8.11. The molecule has 0 saturated heterocycles. The van der Waals surface area contributed by atoms with E-state index >= 15 is 0 Å². The summed E-state index contributed by atoms with van der Waals surface area (Å²) in [5.74, 6) is -10.5. The van der Waals surface area contributed by atoms with Gasteiger partial charge in [-0.15, -0.1) is 0 Å². The van der Waals surface area contributed by atoms with E-state index in [1.54, 1.807) is 13.8 Å². The lowest BCUT2D eigenvalue weighted by Gasteiger charge is -2.51. The van der Waals surface area contributed by atoms with Crippen LogP contribution in [0.1, 0.15) is 63.2 Å². The molecule has 0 heterocycles. The lowest BCUT2D eigenvalue weighted by molar-refractivity contribution is -0.180. The number of aliphatic hydroxyl groups excluding tert-OH is 2. The van der Waals surface area contributed by atoms with E-state index in [0.717, 1.165) is 27.8 Å². The van der Waals surface area contributed by atoms with Crippen molar-refractivity contribution in [2.24, 2.45) is 11.8 Å². The van der Waals surface area contributed by atoms with Crippen molar-refractivity contribution in [2.75, 3.05) is 21.1 Å². The number of amides is 2. The molecular formula is C26H45N3O10. The van der Waals surface area contributed by atoms with Crippen LogP contribution in [0, 0.1) is 11.8 Å². The van der Waals surface area contributed by atoms with Crippen molar-refractivity contribution < 1.29 is 50.6 Å². The molecule has 0 aliphatic heterocycles. The molecule has 13 nitrogen and oxygen atoms in total. The summed E-state index contributed by atoms with van der Waals surface area (Å²) in [6, 6.07) is -1.13. The fourth-order valence-electron chi connectivity index (χ4n) is 4.60. The molecule has 2 amide bonds. The van der Waals surface area contributed by atoms with Crippen LogP contribution in [-0.4, -0.2) is 121 Å². The number of hydrogen-bond donors (Lipinski definition) is 5. The molecule has 0 unspecified atom stereocenters. The first-order chi connectivity index (χ1) is 18.1. The first-order valence-corrected chi connectivity index (χ1v) is 12.6. The Morgan fingerprint density at radius 3 is 1.64 bits per heavy atom. The number of rotatable bonds is 15. The molecule has 224 valence electrons. The van der Waals surface area contributed by atoms with E-state index in [0.29, 0.717) is 16.7 Å². The minimum absolute atomic E-state index is 0.116. The number of hydrogen-bond acceptors (Lipinski definition) is 10. The molecule has 0 aromatic rings. The fraction of sp³-hybridized carbons (Fsp3) is 0.769. The predicted molar refractivity (Wildman–Crippen MR) is 140 cm³/mol. The van der Waals surface area contributed by atoms with Crippen molar-refractivity contribution in [3.63, 3.8) is 0 Å². The summed E-state index contributed by atoms with van der Waals surface area (Å²) >= 11 is 0. The topological polar surface area (TPSA) is 202 Å². The Hall–Kier alpha value is -2.74. The molecule has 39 heavy (non-hydrogen) atoms. The van der Waals surface area contributed by atoms with Crippen LogP contribution in [-0.2, 0) is 28.8 Å². The largest absolute Gasteiger partial charge is 0.479 e. The van der Waals surface area contributed by atoms with Crippen molar-refractivity contribution in [3.8, 4) is 0 Å². The van der Waals surface area contributed by atoms with Gasteiger partial charge >= 0.3 is 5.97 Å². The number of aliphatic hydroxyl groups is 3. The molecule has 7 atom stereocenters. The van der Waals surface area contributed by atoms with Crippen LogP contribution in [0.25, 0.3) is 0 Å². The highest BCUT2D eigenvalue weighted by molar-refractivity contribution is 6.30. The Balaban J connectivity index is 8.32. The summed E-state index contributed by atoms with van der Waals surface area (Å²) in [6.07, 6.45) is -3.72. The Bertz CT molecular complexity index is 999. The molecule has 0 aromatic heterocycles. The predicted octanol–water partition coefficient (Wildman–Crippen LogP) is -1.00. The number of carbonyl (C=O) groups is 6. The minimum Gasteiger partial charge on any atom is -0.479 e. The lowest BCUT2D eigenvalue weighted by atomic mass is 9.63. The van der Waals surface area contributed by atoms with Gasteiger partial charge < -0.3 is 35.5 Å². The molecular weight excluding hydrogens is 514 g/mol. The van der Waals surface area contributed by atoms with E-state index in [9.17, 15) is 49.2 Å². The third-order valence-electron chi connectivity index (χ3n) is 7.47. The van der Waals surface area contributed by atoms with Gasteiger partial charge in [-0.2, -0.15) is 0 Å². The van der Waals surface area contributed by atoms with Crippen molar-refractivity contribution in [3.05, 3.63) is 0 Å². The third-order valence-corrected chi connectivity index (χ3v) is 7.47. The number of aliphatic carboxylic acids is 1. The number of nitrogens with zero attached hydrogens (tertiary/aromatic N) is 2. The number of carbonyl (C=O) groups excluding carboxylic acids is 5. The number of nitrogens with one attached hydrogen (secondary N) is 1. The molecule has 0 fully saturated rings. The maximum absolute atomic E-state index is 15.0. The van der Waals surface area contributed by atoms with Crippen LogP contribution in [0.5, 0.6) is 0 Å². The highest BCUT2D eigenvalue weighted by atomic mass is 16.4. The first-order valence-electron chi connectivity index (χ1n) is 13.3. The van der Waals surface area contributed by atoms with Crippen molar-refractivity contribution in [1.29, 1.82) is 0 Å².